The van der Waals surface area contributed by atoms with Crippen LogP contribution in [-0.4, -0.2) is 53.6 Å². The monoisotopic (exact) mass is 563 g/mol. The number of methoxy groups -OCH3 is 1. The van der Waals surface area contributed by atoms with Crippen molar-refractivity contribution >= 4 is 29.1 Å². The highest BCUT2D eigenvalue weighted by Gasteiger charge is 2.38. The molecule has 208 valence electrons. The number of aromatic nitrogens is 2. The predicted octanol–water partition coefficient (Wildman–Crippen LogP) is 5.88. The van der Waals surface area contributed by atoms with Gasteiger partial charge in [-0.3, -0.25) is 9.69 Å². The zero-order chi connectivity index (χ0) is 28.0. The fourth-order valence-corrected chi connectivity index (χ4v) is 4.46. The van der Waals surface area contributed by atoms with Crippen molar-refractivity contribution in [1.82, 2.24) is 14.9 Å². The fraction of sp³-hybridized carbons (Fsp3) is 0.370. The Bertz CT molecular complexity index is 1280. The number of carbonyl (C=O) groups excluding carboxylic acids is 1. The number of alkyl halides is 3. The number of piperidine rings is 1. The van der Waals surface area contributed by atoms with E-state index in [1.807, 2.05) is 25.1 Å². The molecule has 0 aliphatic carbocycles. The van der Waals surface area contributed by atoms with Crippen molar-refractivity contribution in [2.45, 2.75) is 38.5 Å². The van der Waals surface area contributed by atoms with Crippen LogP contribution in [-0.2, 0) is 12.7 Å². The summed E-state index contributed by atoms with van der Waals surface area (Å²) in [4.78, 5) is 22.5. The number of anilines is 2. The SMILES string of the molecule is CCOc1cc(CN2CCC(Nc3ncc(C(=O)Nc4ccc(Cl)cc4)c(C(F)(F)F)n3)CC2)ccc1OC. The van der Waals surface area contributed by atoms with Crippen molar-refractivity contribution in [3.05, 3.63) is 70.5 Å². The van der Waals surface area contributed by atoms with Crippen molar-refractivity contribution in [2.75, 3.05) is 37.4 Å². The van der Waals surface area contributed by atoms with Crippen LogP contribution >= 0.6 is 11.6 Å². The average Bonchev–Trinajstić information content (AvgIpc) is 2.91. The normalized spacial score (nSPS) is 14.6. The molecule has 3 aromatic rings. The van der Waals surface area contributed by atoms with Crippen LogP contribution in [0, 0.1) is 0 Å². The maximum Gasteiger partial charge on any atom is 0.434 e. The van der Waals surface area contributed by atoms with E-state index < -0.39 is 23.3 Å². The average molecular weight is 564 g/mol. The van der Waals surface area contributed by atoms with Crippen LogP contribution in [0.25, 0.3) is 0 Å². The minimum absolute atomic E-state index is 0.106. The molecule has 0 spiro atoms. The number of nitrogens with zero attached hydrogens (tertiary/aromatic N) is 3. The lowest BCUT2D eigenvalue weighted by Gasteiger charge is -2.32. The van der Waals surface area contributed by atoms with E-state index in [0.717, 1.165) is 24.8 Å². The highest BCUT2D eigenvalue weighted by molar-refractivity contribution is 6.30. The highest BCUT2D eigenvalue weighted by atomic mass is 35.5. The van der Waals surface area contributed by atoms with Gasteiger partial charge in [-0.25, -0.2) is 9.97 Å². The number of rotatable bonds is 9. The first kappa shape index (κ1) is 28.4. The van der Waals surface area contributed by atoms with Gasteiger partial charge in [0.15, 0.2) is 17.2 Å². The second-order valence-corrected chi connectivity index (χ2v) is 9.46. The molecule has 1 fully saturated rings. The Hall–Kier alpha value is -3.57. The third kappa shape index (κ3) is 7.51. The summed E-state index contributed by atoms with van der Waals surface area (Å²) in [6.45, 7) is 4.63. The third-order valence-corrected chi connectivity index (χ3v) is 6.51. The standard InChI is InChI=1S/C27H29ClF3N5O3/c1-3-39-23-14-17(4-9-22(23)38-2)16-36-12-10-20(11-13-36)34-26-32-15-21(24(35-26)27(29,30)31)25(37)33-19-7-5-18(28)6-8-19/h4-9,14-15,20H,3,10-13,16H2,1-2H3,(H,33,37)(H,32,34,35). The lowest BCUT2D eigenvalue weighted by Crippen LogP contribution is -2.39. The van der Waals surface area contributed by atoms with E-state index in [4.69, 9.17) is 21.1 Å². The van der Waals surface area contributed by atoms with Gasteiger partial charge >= 0.3 is 6.18 Å². The third-order valence-electron chi connectivity index (χ3n) is 6.26. The van der Waals surface area contributed by atoms with Crippen molar-refractivity contribution in [3.8, 4) is 11.5 Å². The van der Waals surface area contributed by atoms with Gasteiger partial charge < -0.3 is 20.1 Å². The van der Waals surface area contributed by atoms with Gasteiger partial charge in [-0.1, -0.05) is 17.7 Å². The number of likely N-dealkylation sites (tertiary alicyclic amines) is 1. The molecule has 1 aromatic heterocycles. The maximum absolute atomic E-state index is 13.8. The number of carbonyl (C=O) groups is 1. The number of halogens is 4. The summed E-state index contributed by atoms with van der Waals surface area (Å²) in [6.07, 6.45) is -2.55. The highest BCUT2D eigenvalue weighted by Crippen LogP contribution is 2.32. The molecule has 2 N–H and O–H groups in total. The van der Waals surface area contributed by atoms with E-state index in [1.165, 1.54) is 24.3 Å². The van der Waals surface area contributed by atoms with E-state index in [1.54, 1.807) is 7.11 Å². The quantitative estimate of drug-likeness (QED) is 0.336. The molecule has 39 heavy (non-hydrogen) atoms. The molecule has 1 aliphatic rings. The van der Waals surface area contributed by atoms with Gasteiger partial charge in [-0.2, -0.15) is 13.2 Å². The van der Waals surface area contributed by atoms with E-state index in [2.05, 4.69) is 25.5 Å². The molecule has 0 atom stereocenters. The van der Waals surface area contributed by atoms with Crippen molar-refractivity contribution in [1.29, 1.82) is 0 Å². The first-order chi connectivity index (χ1) is 18.7. The summed E-state index contributed by atoms with van der Waals surface area (Å²) in [5, 5.41) is 5.87. The number of nitrogens with one attached hydrogen (secondary N) is 2. The fourth-order valence-electron chi connectivity index (χ4n) is 4.33. The summed E-state index contributed by atoms with van der Waals surface area (Å²) in [5.74, 6) is 0.239. The van der Waals surface area contributed by atoms with Crippen LogP contribution in [0.1, 0.15) is 41.4 Å². The van der Waals surface area contributed by atoms with E-state index in [0.29, 0.717) is 48.2 Å². The Morgan fingerprint density at radius 3 is 2.49 bits per heavy atom. The Morgan fingerprint density at radius 1 is 1.13 bits per heavy atom. The van der Waals surface area contributed by atoms with Crippen LogP contribution in [0.15, 0.2) is 48.7 Å². The zero-order valence-corrected chi connectivity index (χ0v) is 22.3. The summed E-state index contributed by atoms with van der Waals surface area (Å²) in [7, 11) is 1.60. The number of hydrogen-bond donors (Lipinski definition) is 2. The molecular formula is C27H29ClF3N5O3. The molecule has 8 nitrogen and oxygen atoms in total. The van der Waals surface area contributed by atoms with Gasteiger partial charge in [0.05, 0.1) is 19.3 Å². The Kier molecular flexibility index (Phi) is 9.13. The summed E-state index contributed by atoms with van der Waals surface area (Å²) in [5.41, 5.74) is -0.580. The van der Waals surface area contributed by atoms with Crippen LogP contribution in [0.5, 0.6) is 11.5 Å². The minimum Gasteiger partial charge on any atom is -0.493 e. The molecule has 0 bridgehead atoms. The number of amides is 1. The van der Waals surface area contributed by atoms with Gasteiger partial charge in [0, 0.05) is 42.6 Å². The van der Waals surface area contributed by atoms with Crippen molar-refractivity contribution in [3.63, 3.8) is 0 Å². The molecule has 0 saturated carbocycles. The number of ether oxygens (including phenoxy) is 2. The van der Waals surface area contributed by atoms with Gasteiger partial charge in [0.25, 0.3) is 5.91 Å². The molecule has 0 radical (unpaired) electrons. The molecular weight excluding hydrogens is 535 g/mol. The van der Waals surface area contributed by atoms with Crippen LogP contribution in [0.4, 0.5) is 24.8 Å². The Balaban J connectivity index is 1.38. The summed E-state index contributed by atoms with van der Waals surface area (Å²) < 4.78 is 52.4. The minimum atomic E-state index is -4.84. The molecule has 1 saturated heterocycles. The van der Waals surface area contributed by atoms with Crippen molar-refractivity contribution in [2.24, 2.45) is 0 Å². The molecule has 4 rings (SSSR count). The second-order valence-electron chi connectivity index (χ2n) is 9.03. The van der Waals surface area contributed by atoms with Gasteiger partial charge in [0.2, 0.25) is 5.95 Å². The summed E-state index contributed by atoms with van der Waals surface area (Å²) >= 11 is 5.82. The van der Waals surface area contributed by atoms with Crippen LogP contribution < -0.4 is 20.1 Å². The predicted molar refractivity (Wildman–Crippen MR) is 143 cm³/mol. The van der Waals surface area contributed by atoms with Gasteiger partial charge in [0.1, 0.15) is 0 Å². The first-order valence-corrected chi connectivity index (χ1v) is 12.8. The van der Waals surface area contributed by atoms with Crippen LogP contribution in [0.3, 0.4) is 0 Å². The smallest absolute Gasteiger partial charge is 0.434 e. The lowest BCUT2D eigenvalue weighted by atomic mass is 10.0. The Labute approximate surface area is 229 Å². The van der Waals surface area contributed by atoms with Gasteiger partial charge in [-0.15, -0.1) is 0 Å². The van der Waals surface area contributed by atoms with Crippen LogP contribution in [0.2, 0.25) is 5.02 Å². The molecule has 12 heteroatoms. The van der Waals surface area contributed by atoms with Crippen molar-refractivity contribution < 1.29 is 27.4 Å². The lowest BCUT2D eigenvalue weighted by molar-refractivity contribution is -0.141. The zero-order valence-electron chi connectivity index (χ0n) is 21.5. The molecule has 2 aromatic carbocycles. The number of benzene rings is 2. The second kappa shape index (κ2) is 12.5. The van der Waals surface area contributed by atoms with E-state index >= 15 is 0 Å². The van der Waals surface area contributed by atoms with E-state index in [9.17, 15) is 18.0 Å². The topological polar surface area (TPSA) is 88.6 Å². The molecule has 0 unspecified atom stereocenters. The molecule has 2 heterocycles. The maximum atomic E-state index is 13.8. The number of hydrogen-bond acceptors (Lipinski definition) is 7. The molecule has 1 amide bonds. The molecule has 1 aliphatic heterocycles. The van der Waals surface area contributed by atoms with E-state index in [-0.39, 0.29) is 12.0 Å². The van der Waals surface area contributed by atoms with Gasteiger partial charge in [-0.05, 0) is 61.7 Å². The summed E-state index contributed by atoms with van der Waals surface area (Å²) in [6, 6.07) is 11.7. The Morgan fingerprint density at radius 2 is 1.85 bits per heavy atom. The largest absolute Gasteiger partial charge is 0.493 e. The first-order valence-electron chi connectivity index (χ1n) is 12.5.